The number of nitrogens with zero attached hydrogens (tertiary/aromatic N) is 1. The first-order chi connectivity index (χ1) is 23.8. The van der Waals surface area contributed by atoms with E-state index in [9.17, 15) is 0 Å². The number of rotatable bonds is 6. The van der Waals surface area contributed by atoms with Crippen molar-refractivity contribution in [1.82, 2.24) is 0 Å². The normalized spacial score (nSPS) is 12.5. The zero-order chi connectivity index (χ0) is 31.9. The van der Waals surface area contributed by atoms with Crippen molar-refractivity contribution in [2.75, 3.05) is 4.90 Å². The van der Waals surface area contributed by atoms with Gasteiger partial charge >= 0.3 is 0 Å². The van der Waals surface area contributed by atoms with E-state index in [-0.39, 0.29) is 0 Å². The Morgan fingerprint density at radius 3 is 1.73 bits per heavy atom. The molecule has 0 spiro atoms. The van der Waals surface area contributed by atoms with Gasteiger partial charge in [0, 0.05) is 27.8 Å². The molecule has 228 valence electrons. The molecule has 8 aromatic rings. The molecule has 0 saturated carbocycles. The first-order valence-electron chi connectivity index (χ1n) is 16.6. The Labute approximate surface area is 280 Å². The molecular weight excluding hydrogens is 583 g/mol. The molecule has 0 aliphatic heterocycles. The molecule has 1 heterocycles. The van der Waals surface area contributed by atoms with Crippen LogP contribution in [0.3, 0.4) is 0 Å². The van der Waals surface area contributed by atoms with Gasteiger partial charge in [-0.15, -0.1) is 0 Å². The van der Waals surface area contributed by atoms with Crippen molar-refractivity contribution >= 4 is 50.6 Å². The van der Waals surface area contributed by atoms with Crippen LogP contribution in [0.2, 0.25) is 0 Å². The SMILES string of the molecule is C1=C(c2ccc(N(c3ccccc3)c3ccc(-c4cccc(-c5ccccc5)c4)cc3)cc2)CCc2c1ccc1oc3ccccc3c21. The van der Waals surface area contributed by atoms with Crippen LogP contribution in [0, 0.1) is 0 Å². The van der Waals surface area contributed by atoms with E-state index in [0.717, 1.165) is 41.1 Å². The minimum atomic E-state index is 0.959. The molecule has 48 heavy (non-hydrogen) atoms. The fourth-order valence-corrected chi connectivity index (χ4v) is 7.22. The smallest absolute Gasteiger partial charge is 0.135 e. The third kappa shape index (κ3) is 5.09. The van der Waals surface area contributed by atoms with Crippen molar-refractivity contribution in [2.45, 2.75) is 12.8 Å². The van der Waals surface area contributed by atoms with Gasteiger partial charge in [-0.25, -0.2) is 0 Å². The lowest BCUT2D eigenvalue weighted by Crippen LogP contribution is -2.09. The maximum atomic E-state index is 6.16. The molecule has 9 rings (SSSR count). The number of fused-ring (bicyclic) bond motifs is 5. The largest absolute Gasteiger partial charge is 0.456 e. The lowest BCUT2D eigenvalue weighted by atomic mass is 9.86. The van der Waals surface area contributed by atoms with Gasteiger partial charge in [0.2, 0.25) is 0 Å². The summed E-state index contributed by atoms with van der Waals surface area (Å²) in [5.74, 6) is 0. The molecule has 0 N–H and O–H groups in total. The van der Waals surface area contributed by atoms with Crippen LogP contribution >= 0.6 is 0 Å². The Kier molecular flexibility index (Phi) is 6.98. The Morgan fingerprint density at radius 2 is 1.00 bits per heavy atom. The van der Waals surface area contributed by atoms with Crippen LogP contribution in [0.25, 0.3) is 55.8 Å². The maximum absolute atomic E-state index is 6.16. The van der Waals surface area contributed by atoms with Crippen LogP contribution in [0.1, 0.15) is 23.1 Å². The van der Waals surface area contributed by atoms with Gasteiger partial charge < -0.3 is 9.32 Å². The number of hydrogen-bond acceptors (Lipinski definition) is 2. The van der Waals surface area contributed by atoms with Gasteiger partial charge in [-0.2, -0.15) is 0 Å². The molecule has 0 amide bonds. The highest BCUT2D eigenvalue weighted by Crippen LogP contribution is 2.40. The molecule has 0 radical (unpaired) electrons. The van der Waals surface area contributed by atoms with E-state index in [4.69, 9.17) is 4.42 Å². The van der Waals surface area contributed by atoms with Crippen LogP contribution < -0.4 is 4.90 Å². The fourth-order valence-electron chi connectivity index (χ4n) is 7.22. The second kappa shape index (κ2) is 11.9. The number of aryl methyl sites for hydroxylation is 1. The van der Waals surface area contributed by atoms with Crippen LogP contribution in [0.15, 0.2) is 174 Å². The molecular formula is C46H33NO. The lowest BCUT2D eigenvalue weighted by molar-refractivity contribution is 0.668. The number of allylic oxidation sites excluding steroid dienone is 1. The second-order valence-electron chi connectivity index (χ2n) is 12.5. The van der Waals surface area contributed by atoms with Gasteiger partial charge in [-0.1, -0.05) is 121 Å². The third-order valence-electron chi connectivity index (χ3n) is 9.60. The summed E-state index contributed by atoms with van der Waals surface area (Å²) in [6.45, 7) is 0. The molecule has 1 aliphatic carbocycles. The standard InChI is InChI=1S/C46H33NO/c1-3-10-32(11-4-1)35-12-9-13-36(30-35)33-18-24-40(25-19-33)47(39-14-5-2-6-15-39)41-26-20-34(21-27-41)37-22-28-42-38(31-37)23-29-45-46(42)43-16-7-8-17-44(43)48-45/h1-21,23-27,29-31H,22,28H2. The summed E-state index contributed by atoms with van der Waals surface area (Å²) in [5.41, 5.74) is 15.5. The Morgan fingerprint density at radius 1 is 0.417 bits per heavy atom. The van der Waals surface area contributed by atoms with Crippen LogP contribution in [0.5, 0.6) is 0 Å². The van der Waals surface area contributed by atoms with Crippen molar-refractivity contribution < 1.29 is 4.42 Å². The van der Waals surface area contributed by atoms with Gasteiger partial charge in [0.05, 0.1) is 0 Å². The van der Waals surface area contributed by atoms with Crippen molar-refractivity contribution in [3.8, 4) is 22.3 Å². The second-order valence-corrected chi connectivity index (χ2v) is 12.5. The summed E-state index contributed by atoms with van der Waals surface area (Å²) >= 11 is 0. The predicted octanol–water partition coefficient (Wildman–Crippen LogP) is 12.9. The average molecular weight is 616 g/mol. The highest BCUT2D eigenvalue weighted by Gasteiger charge is 2.19. The van der Waals surface area contributed by atoms with E-state index < -0.39 is 0 Å². The number of furan rings is 1. The van der Waals surface area contributed by atoms with Gasteiger partial charge in [-0.3, -0.25) is 0 Å². The molecule has 0 bridgehead atoms. The zero-order valence-corrected chi connectivity index (χ0v) is 26.5. The van der Waals surface area contributed by atoms with Crippen LogP contribution in [-0.2, 0) is 6.42 Å². The number of para-hydroxylation sites is 2. The molecule has 2 heteroatoms. The number of anilines is 3. The summed E-state index contributed by atoms with van der Waals surface area (Å²) in [4.78, 5) is 2.33. The van der Waals surface area contributed by atoms with E-state index in [1.165, 1.54) is 55.3 Å². The first kappa shape index (κ1) is 28.1. The molecule has 0 saturated heterocycles. The minimum absolute atomic E-state index is 0.959. The summed E-state index contributed by atoms with van der Waals surface area (Å²) in [7, 11) is 0. The molecule has 0 unspecified atom stereocenters. The molecule has 1 aliphatic rings. The van der Waals surface area contributed by atoms with Gasteiger partial charge in [0.15, 0.2) is 0 Å². The van der Waals surface area contributed by atoms with E-state index in [1.54, 1.807) is 0 Å². The van der Waals surface area contributed by atoms with Crippen LogP contribution in [-0.4, -0.2) is 0 Å². The molecule has 1 aromatic heterocycles. The van der Waals surface area contributed by atoms with Crippen molar-refractivity contribution in [2.24, 2.45) is 0 Å². The van der Waals surface area contributed by atoms with Gasteiger partial charge in [0.25, 0.3) is 0 Å². The van der Waals surface area contributed by atoms with E-state index in [1.807, 2.05) is 6.07 Å². The summed E-state index contributed by atoms with van der Waals surface area (Å²) < 4.78 is 6.16. The summed E-state index contributed by atoms with van der Waals surface area (Å²) in [6.07, 6.45) is 4.37. The molecule has 7 aromatic carbocycles. The average Bonchev–Trinajstić information content (AvgIpc) is 3.55. The van der Waals surface area contributed by atoms with Crippen molar-refractivity contribution in [3.05, 3.63) is 187 Å². The van der Waals surface area contributed by atoms with Crippen molar-refractivity contribution in [1.29, 1.82) is 0 Å². The van der Waals surface area contributed by atoms with Crippen molar-refractivity contribution in [3.63, 3.8) is 0 Å². The summed E-state index contributed by atoms with van der Waals surface area (Å²) in [6, 6.07) is 60.7. The molecule has 0 atom stereocenters. The van der Waals surface area contributed by atoms with Crippen LogP contribution in [0.4, 0.5) is 17.1 Å². The van der Waals surface area contributed by atoms with E-state index >= 15 is 0 Å². The number of benzene rings is 7. The van der Waals surface area contributed by atoms with E-state index in [0.29, 0.717) is 0 Å². The Bertz CT molecular complexity index is 2420. The summed E-state index contributed by atoms with van der Waals surface area (Å²) in [5, 5.41) is 2.47. The molecule has 2 nitrogen and oxygen atoms in total. The van der Waals surface area contributed by atoms with Gasteiger partial charge in [0.1, 0.15) is 11.2 Å². The monoisotopic (exact) mass is 615 g/mol. The predicted molar refractivity (Wildman–Crippen MR) is 202 cm³/mol. The first-order valence-corrected chi connectivity index (χ1v) is 16.6. The lowest BCUT2D eigenvalue weighted by Gasteiger charge is -2.26. The Hall–Kier alpha value is -6.12. The maximum Gasteiger partial charge on any atom is 0.135 e. The number of hydrogen-bond donors (Lipinski definition) is 0. The zero-order valence-electron chi connectivity index (χ0n) is 26.5. The fraction of sp³-hybridized carbons (Fsp3) is 0.0435. The topological polar surface area (TPSA) is 16.4 Å². The van der Waals surface area contributed by atoms with Gasteiger partial charge in [-0.05, 0) is 112 Å². The highest BCUT2D eigenvalue weighted by molar-refractivity contribution is 6.08. The quantitative estimate of drug-likeness (QED) is 0.185. The molecule has 0 fully saturated rings. The minimum Gasteiger partial charge on any atom is -0.456 e. The van der Waals surface area contributed by atoms with E-state index in [2.05, 4.69) is 175 Å². The third-order valence-corrected chi connectivity index (χ3v) is 9.60. The highest BCUT2D eigenvalue weighted by atomic mass is 16.3. The Balaban J connectivity index is 1.03.